The van der Waals surface area contributed by atoms with Gasteiger partial charge in [-0.3, -0.25) is 4.79 Å². The van der Waals surface area contributed by atoms with E-state index in [4.69, 9.17) is 10.4 Å². The zero-order valence-electron chi connectivity index (χ0n) is 11.2. The number of hydrogen-bond acceptors (Lipinski definition) is 5. The zero-order chi connectivity index (χ0) is 15.4. The first-order valence-corrected chi connectivity index (χ1v) is 8.43. The van der Waals surface area contributed by atoms with E-state index >= 15 is 0 Å². The average Bonchev–Trinajstić information content (AvgIpc) is 2.38. The lowest BCUT2D eigenvalue weighted by Gasteiger charge is -2.18. The molecular weight excluding hydrogens is 298 g/mol. The minimum absolute atomic E-state index is 0.139. The highest BCUT2D eigenvalue weighted by Crippen LogP contribution is 2.25. The lowest BCUT2D eigenvalue weighted by Crippen LogP contribution is -2.28. The Morgan fingerprint density at radius 2 is 1.90 bits per heavy atom. The Hall–Kier alpha value is -1.52. The summed E-state index contributed by atoms with van der Waals surface area (Å²) < 4.78 is 23.1. The van der Waals surface area contributed by atoms with Crippen molar-refractivity contribution in [3.8, 4) is 6.07 Å². The van der Waals surface area contributed by atoms with Crippen molar-refractivity contribution in [2.75, 3.05) is 11.5 Å². The van der Waals surface area contributed by atoms with E-state index in [1.807, 2.05) is 6.07 Å². The number of carboxylic acids is 1. The van der Waals surface area contributed by atoms with Gasteiger partial charge < -0.3 is 5.11 Å². The molecule has 0 radical (unpaired) electrons. The summed E-state index contributed by atoms with van der Waals surface area (Å²) in [7, 11) is -3.46. The summed E-state index contributed by atoms with van der Waals surface area (Å²) in [5.74, 6) is -0.916. The molecule has 0 aliphatic carbocycles. The maximum atomic E-state index is 12.0. The van der Waals surface area contributed by atoms with Gasteiger partial charge in [0.25, 0.3) is 0 Å². The van der Waals surface area contributed by atoms with E-state index in [2.05, 4.69) is 0 Å². The monoisotopic (exact) mass is 313 g/mol. The van der Waals surface area contributed by atoms with Crippen molar-refractivity contribution in [1.82, 2.24) is 0 Å². The number of sulfone groups is 1. The van der Waals surface area contributed by atoms with Gasteiger partial charge in [-0.2, -0.15) is 5.26 Å². The van der Waals surface area contributed by atoms with Gasteiger partial charge in [0.05, 0.1) is 22.3 Å². The van der Waals surface area contributed by atoms with Crippen molar-refractivity contribution in [1.29, 1.82) is 5.26 Å². The number of rotatable bonds is 6. The van der Waals surface area contributed by atoms with E-state index < -0.39 is 20.6 Å². The average molecular weight is 313 g/mol. The van der Waals surface area contributed by atoms with Crippen LogP contribution in [0, 0.1) is 11.3 Å². The molecule has 1 aromatic rings. The lowest BCUT2D eigenvalue weighted by molar-refractivity contribution is -0.138. The second kappa shape index (κ2) is 6.29. The van der Waals surface area contributed by atoms with Crippen molar-refractivity contribution in [2.45, 2.75) is 23.5 Å². The molecule has 7 heteroatoms. The molecular formula is C13H15NO4S2. The standard InChI is InChI=1S/C13H15NO4S2/c1-13(2,12(15)16)19-7-8-20(17,18)11-5-3-10(9-14)4-6-11/h3-6H,7-8H2,1-2H3,(H,15,16). The molecule has 0 unspecified atom stereocenters. The minimum Gasteiger partial charge on any atom is -0.480 e. The Kier molecular flexibility index (Phi) is 5.20. The SMILES string of the molecule is CC(C)(SCCS(=O)(=O)c1ccc(C#N)cc1)C(=O)O. The quantitative estimate of drug-likeness (QED) is 0.862. The summed E-state index contributed by atoms with van der Waals surface area (Å²) >= 11 is 1.08. The van der Waals surface area contributed by atoms with Gasteiger partial charge in [-0.05, 0) is 38.1 Å². The van der Waals surface area contributed by atoms with E-state index in [1.54, 1.807) is 0 Å². The van der Waals surface area contributed by atoms with Crippen LogP contribution in [-0.4, -0.2) is 35.7 Å². The van der Waals surface area contributed by atoms with Crippen LogP contribution in [-0.2, 0) is 14.6 Å². The van der Waals surface area contributed by atoms with Gasteiger partial charge in [-0.25, -0.2) is 8.42 Å². The molecule has 0 saturated carbocycles. The number of nitrogens with zero attached hydrogens (tertiary/aromatic N) is 1. The van der Waals surface area contributed by atoms with Crippen LogP contribution >= 0.6 is 11.8 Å². The maximum absolute atomic E-state index is 12.0. The molecule has 0 atom stereocenters. The number of aliphatic carboxylic acids is 1. The molecule has 0 bridgehead atoms. The molecule has 0 aliphatic heterocycles. The molecule has 0 aliphatic rings. The van der Waals surface area contributed by atoms with E-state index in [0.29, 0.717) is 5.56 Å². The molecule has 1 rings (SSSR count). The Morgan fingerprint density at radius 3 is 2.35 bits per heavy atom. The Labute approximate surface area is 122 Å². The van der Waals surface area contributed by atoms with Crippen molar-refractivity contribution in [2.24, 2.45) is 0 Å². The third-order valence-corrected chi connectivity index (χ3v) is 5.97. The fourth-order valence-corrected chi connectivity index (χ4v) is 3.95. The number of carboxylic acid groups (broad SMARTS) is 1. The number of benzene rings is 1. The predicted octanol–water partition coefficient (Wildman–Crippen LogP) is 1.93. The second-order valence-corrected chi connectivity index (χ2v) is 8.45. The van der Waals surface area contributed by atoms with Gasteiger partial charge in [0.15, 0.2) is 9.84 Å². The first-order valence-electron chi connectivity index (χ1n) is 5.79. The molecule has 0 spiro atoms. The van der Waals surface area contributed by atoms with Gasteiger partial charge in [-0.15, -0.1) is 11.8 Å². The van der Waals surface area contributed by atoms with E-state index in [-0.39, 0.29) is 16.4 Å². The lowest BCUT2D eigenvalue weighted by atomic mass is 10.2. The van der Waals surface area contributed by atoms with Gasteiger partial charge in [0.1, 0.15) is 4.75 Å². The van der Waals surface area contributed by atoms with E-state index in [9.17, 15) is 13.2 Å². The van der Waals surface area contributed by atoms with Gasteiger partial charge in [0.2, 0.25) is 0 Å². The number of carbonyl (C=O) groups is 1. The fourth-order valence-electron chi connectivity index (χ4n) is 1.32. The molecule has 1 aromatic carbocycles. The summed E-state index contributed by atoms with van der Waals surface area (Å²) in [6, 6.07) is 7.59. The number of thioether (sulfide) groups is 1. The van der Waals surface area contributed by atoms with Crippen LogP contribution < -0.4 is 0 Å². The van der Waals surface area contributed by atoms with Gasteiger partial charge >= 0.3 is 5.97 Å². The van der Waals surface area contributed by atoms with Crippen LogP contribution in [0.15, 0.2) is 29.2 Å². The second-order valence-electron chi connectivity index (χ2n) is 4.62. The number of nitriles is 1. The molecule has 5 nitrogen and oxygen atoms in total. The Morgan fingerprint density at radius 1 is 1.35 bits per heavy atom. The number of hydrogen-bond donors (Lipinski definition) is 1. The largest absolute Gasteiger partial charge is 0.480 e. The van der Waals surface area contributed by atoms with Crippen molar-refractivity contribution in [3.05, 3.63) is 29.8 Å². The van der Waals surface area contributed by atoms with Crippen LogP contribution in [0.5, 0.6) is 0 Å². The van der Waals surface area contributed by atoms with Crippen LogP contribution in [0.4, 0.5) is 0 Å². The van der Waals surface area contributed by atoms with Gasteiger partial charge in [0, 0.05) is 5.75 Å². The maximum Gasteiger partial charge on any atom is 0.319 e. The normalized spacial score (nSPS) is 11.8. The zero-order valence-corrected chi connectivity index (χ0v) is 12.8. The van der Waals surface area contributed by atoms with Crippen LogP contribution in [0.1, 0.15) is 19.4 Å². The van der Waals surface area contributed by atoms with Gasteiger partial charge in [-0.1, -0.05) is 0 Å². The summed E-state index contributed by atoms with van der Waals surface area (Å²) in [4.78, 5) is 11.1. The molecule has 0 aromatic heterocycles. The topological polar surface area (TPSA) is 95.2 Å². The molecule has 1 N–H and O–H groups in total. The highest BCUT2D eigenvalue weighted by atomic mass is 32.2. The summed E-state index contributed by atoms with van der Waals surface area (Å²) in [5, 5.41) is 17.6. The van der Waals surface area contributed by atoms with Crippen molar-refractivity contribution >= 4 is 27.6 Å². The van der Waals surface area contributed by atoms with E-state index in [0.717, 1.165) is 11.8 Å². The summed E-state index contributed by atoms with van der Waals surface area (Å²) in [5.41, 5.74) is 0.394. The summed E-state index contributed by atoms with van der Waals surface area (Å²) in [6.45, 7) is 3.07. The Bertz CT molecular complexity index is 627. The Balaban J connectivity index is 2.71. The predicted molar refractivity (Wildman–Crippen MR) is 77.4 cm³/mol. The molecule has 20 heavy (non-hydrogen) atoms. The fraction of sp³-hybridized carbons (Fsp3) is 0.385. The third-order valence-electron chi connectivity index (χ3n) is 2.67. The molecule has 0 amide bonds. The minimum atomic E-state index is -3.46. The van der Waals surface area contributed by atoms with Crippen LogP contribution in [0.2, 0.25) is 0 Å². The highest BCUT2D eigenvalue weighted by molar-refractivity contribution is 8.02. The smallest absolute Gasteiger partial charge is 0.319 e. The molecule has 108 valence electrons. The van der Waals surface area contributed by atoms with Crippen molar-refractivity contribution < 1.29 is 18.3 Å². The third kappa shape index (κ3) is 4.25. The first kappa shape index (κ1) is 16.5. The highest BCUT2D eigenvalue weighted by Gasteiger charge is 2.28. The summed E-state index contributed by atoms with van der Waals surface area (Å²) in [6.07, 6.45) is 0. The van der Waals surface area contributed by atoms with E-state index in [1.165, 1.54) is 38.1 Å². The van der Waals surface area contributed by atoms with Crippen LogP contribution in [0.3, 0.4) is 0 Å². The molecule has 0 saturated heterocycles. The molecule has 0 heterocycles. The first-order chi connectivity index (χ1) is 9.19. The molecule has 0 fully saturated rings. The van der Waals surface area contributed by atoms with Crippen LogP contribution in [0.25, 0.3) is 0 Å². The van der Waals surface area contributed by atoms with Crippen molar-refractivity contribution in [3.63, 3.8) is 0 Å².